The van der Waals surface area contributed by atoms with Crippen LogP contribution in [0.2, 0.25) is 0 Å². The van der Waals surface area contributed by atoms with Crippen LogP contribution in [-0.4, -0.2) is 16.9 Å². The van der Waals surface area contributed by atoms with Crippen LogP contribution in [0.25, 0.3) is 11.0 Å². The van der Waals surface area contributed by atoms with Crippen molar-refractivity contribution >= 4 is 39.6 Å². The Morgan fingerprint density at radius 3 is 2.50 bits per heavy atom. The van der Waals surface area contributed by atoms with Crippen molar-refractivity contribution in [2.75, 3.05) is 10.7 Å². The quantitative estimate of drug-likeness (QED) is 0.755. The van der Waals surface area contributed by atoms with Crippen molar-refractivity contribution in [2.45, 2.75) is 13.8 Å². The fourth-order valence-electron chi connectivity index (χ4n) is 2.28. The predicted octanol–water partition coefficient (Wildman–Crippen LogP) is 2.61. The average molecular weight is 289 g/mol. The molecular formula is C14H11NO4S. The Morgan fingerprint density at radius 1 is 1.10 bits per heavy atom. The summed E-state index contributed by atoms with van der Waals surface area (Å²) in [6.07, 6.45) is 0. The summed E-state index contributed by atoms with van der Waals surface area (Å²) in [6, 6.07) is 4.80. The van der Waals surface area contributed by atoms with Gasteiger partial charge in [0.1, 0.15) is 5.58 Å². The fraction of sp³-hybridized carbons (Fsp3) is 0.214. The Bertz CT molecular complexity index is 793. The maximum Gasteiger partial charge on any atom is 0.336 e. The zero-order chi connectivity index (χ0) is 14.4. The van der Waals surface area contributed by atoms with E-state index in [-0.39, 0.29) is 16.9 Å². The van der Waals surface area contributed by atoms with E-state index in [0.29, 0.717) is 11.3 Å². The fourth-order valence-corrected chi connectivity index (χ4v) is 2.99. The number of hydrogen-bond donors (Lipinski definition) is 0. The number of carbonyl (C=O) groups is 2. The van der Waals surface area contributed by atoms with Crippen molar-refractivity contribution in [2.24, 2.45) is 0 Å². The van der Waals surface area contributed by atoms with Crippen LogP contribution >= 0.6 is 11.8 Å². The Balaban J connectivity index is 2.27. The van der Waals surface area contributed by atoms with Crippen LogP contribution < -0.4 is 10.5 Å². The third-order valence-electron chi connectivity index (χ3n) is 3.26. The monoisotopic (exact) mass is 289 g/mol. The average Bonchev–Trinajstić information content (AvgIpc) is 2.69. The third kappa shape index (κ3) is 1.92. The molecule has 0 spiro atoms. The standard InChI is InChI=1S/C14H11NO4S/c1-7-4-13(17)19-11-3-8(2)10(5-9(7)11)15-12(16)6-20-14(15)18/h3-5H,6H2,1-2H3. The number of benzene rings is 1. The number of imide groups is 1. The van der Waals surface area contributed by atoms with Crippen molar-refractivity contribution in [3.8, 4) is 0 Å². The summed E-state index contributed by atoms with van der Waals surface area (Å²) in [5.74, 6) is -0.0587. The molecule has 5 nitrogen and oxygen atoms in total. The summed E-state index contributed by atoms with van der Waals surface area (Å²) in [5.41, 5.74) is 2.07. The van der Waals surface area contributed by atoms with Gasteiger partial charge in [-0.1, -0.05) is 11.8 Å². The van der Waals surface area contributed by atoms with Crippen LogP contribution in [0.1, 0.15) is 11.1 Å². The van der Waals surface area contributed by atoms with E-state index in [0.717, 1.165) is 28.3 Å². The van der Waals surface area contributed by atoms with Gasteiger partial charge >= 0.3 is 5.63 Å². The number of amides is 2. The van der Waals surface area contributed by atoms with Crippen LogP contribution in [0.4, 0.5) is 10.5 Å². The van der Waals surface area contributed by atoms with Gasteiger partial charge in [-0.05, 0) is 37.1 Å². The lowest BCUT2D eigenvalue weighted by atomic mass is 10.1. The molecule has 0 N–H and O–H groups in total. The van der Waals surface area contributed by atoms with Gasteiger partial charge in [-0.15, -0.1) is 0 Å². The number of anilines is 1. The van der Waals surface area contributed by atoms with E-state index >= 15 is 0 Å². The van der Waals surface area contributed by atoms with Gasteiger partial charge < -0.3 is 4.42 Å². The van der Waals surface area contributed by atoms with Crippen molar-refractivity contribution in [1.29, 1.82) is 0 Å². The maximum absolute atomic E-state index is 11.8. The molecule has 1 fully saturated rings. The molecule has 102 valence electrons. The number of thioether (sulfide) groups is 1. The number of nitrogens with zero attached hydrogens (tertiary/aromatic N) is 1. The van der Waals surface area contributed by atoms with Gasteiger partial charge in [0, 0.05) is 11.5 Å². The topological polar surface area (TPSA) is 67.6 Å². The van der Waals surface area contributed by atoms with Gasteiger partial charge in [-0.3, -0.25) is 9.59 Å². The lowest BCUT2D eigenvalue weighted by Crippen LogP contribution is -2.28. The Labute approximate surface area is 118 Å². The molecule has 1 aliphatic rings. The highest BCUT2D eigenvalue weighted by molar-refractivity contribution is 8.15. The Morgan fingerprint density at radius 2 is 1.85 bits per heavy atom. The van der Waals surface area contributed by atoms with E-state index < -0.39 is 5.63 Å². The predicted molar refractivity (Wildman–Crippen MR) is 77.3 cm³/mol. The molecule has 2 amide bonds. The zero-order valence-corrected chi connectivity index (χ0v) is 11.7. The second kappa shape index (κ2) is 4.49. The Kier molecular flexibility index (Phi) is 2.90. The number of carbonyl (C=O) groups excluding carboxylic acids is 2. The van der Waals surface area contributed by atoms with Crippen molar-refractivity contribution in [1.82, 2.24) is 0 Å². The maximum atomic E-state index is 11.8. The summed E-state index contributed by atoms with van der Waals surface area (Å²) in [4.78, 5) is 36.2. The van der Waals surface area contributed by atoms with Crippen LogP contribution in [0, 0.1) is 13.8 Å². The first kappa shape index (κ1) is 12.9. The van der Waals surface area contributed by atoms with Crippen LogP contribution in [0.3, 0.4) is 0 Å². The molecular weight excluding hydrogens is 278 g/mol. The molecule has 2 aromatic rings. The molecule has 20 heavy (non-hydrogen) atoms. The first-order chi connectivity index (χ1) is 9.47. The van der Waals surface area contributed by atoms with Crippen molar-refractivity contribution in [3.63, 3.8) is 0 Å². The highest BCUT2D eigenvalue weighted by Crippen LogP contribution is 2.32. The van der Waals surface area contributed by atoms with E-state index in [9.17, 15) is 14.4 Å². The SMILES string of the molecule is Cc1cc2oc(=O)cc(C)c2cc1N1C(=O)CSC1=O. The molecule has 1 aromatic heterocycles. The molecule has 0 atom stereocenters. The molecule has 0 bridgehead atoms. The van der Waals surface area contributed by atoms with E-state index in [1.807, 2.05) is 0 Å². The molecule has 0 saturated carbocycles. The molecule has 0 radical (unpaired) electrons. The molecule has 6 heteroatoms. The summed E-state index contributed by atoms with van der Waals surface area (Å²) in [7, 11) is 0. The van der Waals surface area contributed by atoms with Gasteiger partial charge in [0.25, 0.3) is 5.24 Å². The Hall–Kier alpha value is -2.08. The van der Waals surface area contributed by atoms with E-state index in [2.05, 4.69) is 0 Å². The lowest BCUT2D eigenvalue weighted by Gasteiger charge is -2.16. The highest BCUT2D eigenvalue weighted by atomic mass is 32.2. The molecule has 1 aromatic carbocycles. The van der Waals surface area contributed by atoms with Crippen molar-refractivity contribution < 1.29 is 14.0 Å². The van der Waals surface area contributed by atoms with Crippen LogP contribution in [0.15, 0.2) is 27.4 Å². The van der Waals surface area contributed by atoms with E-state index in [4.69, 9.17) is 4.42 Å². The molecule has 1 aliphatic heterocycles. The summed E-state index contributed by atoms with van der Waals surface area (Å²) in [5, 5.41) is 0.454. The van der Waals surface area contributed by atoms with Gasteiger partial charge in [-0.2, -0.15) is 0 Å². The molecule has 0 aliphatic carbocycles. The minimum Gasteiger partial charge on any atom is -0.423 e. The second-order valence-electron chi connectivity index (χ2n) is 4.67. The number of aryl methyl sites for hydroxylation is 2. The minimum absolute atomic E-state index is 0.166. The highest BCUT2D eigenvalue weighted by Gasteiger charge is 2.32. The molecule has 3 rings (SSSR count). The molecule has 0 unspecified atom stereocenters. The van der Waals surface area contributed by atoms with Crippen molar-refractivity contribution in [3.05, 3.63) is 39.7 Å². The van der Waals surface area contributed by atoms with Gasteiger partial charge in [0.2, 0.25) is 5.91 Å². The number of hydrogen-bond acceptors (Lipinski definition) is 5. The number of fused-ring (bicyclic) bond motifs is 1. The summed E-state index contributed by atoms with van der Waals surface area (Å²) in [6.45, 7) is 3.57. The van der Waals surface area contributed by atoms with Crippen LogP contribution in [-0.2, 0) is 4.79 Å². The zero-order valence-electron chi connectivity index (χ0n) is 10.9. The molecule has 1 saturated heterocycles. The first-order valence-electron chi connectivity index (χ1n) is 6.02. The van der Waals surface area contributed by atoms with E-state index in [1.54, 1.807) is 26.0 Å². The molecule has 2 heterocycles. The number of rotatable bonds is 1. The van der Waals surface area contributed by atoms with Crippen LogP contribution in [0.5, 0.6) is 0 Å². The summed E-state index contributed by atoms with van der Waals surface area (Å²) >= 11 is 0.993. The van der Waals surface area contributed by atoms with Gasteiger partial charge in [-0.25, -0.2) is 9.69 Å². The van der Waals surface area contributed by atoms with Gasteiger partial charge in [0.15, 0.2) is 0 Å². The van der Waals surface area contributed by atoms with Gasteiger partial charge in [0.05, 0.1) is 11.4 Å². The van der Waals surface area contributed by atoms with E-state index in [1.165, 1.54) is 11.0 Å². The largest absolute Gasteiger partial charge is 0.423 e. The second-order valence-corrected chi connectivity index (χ2v) is 5.59. The normalized spacial score (nSPS) is 15.4. The lowest BCUT2D eigenvalue weighted by molar-refractivity contribution is -0.115. The minimum atomic E-state index is -0.411. The third-order valence-corrected chi connectivity index (χ3v) is 4.08. The first-order valence-corrected chi connectivity index (χ1v) is 7.01. The summed E-state index contributed by atoms with van der Waals surface area (Å²) < 4.78 is 5.15. The smallest absolute Gasteiger partial charge is 0.336 e.